The summed E-state index contributed by atoms with van der Waals surface area (Å²) in [5.74, 6) is 2.18. The first-order valence-corrected chi connectivity index (χ1v) is 9.01. The van der Waals surface area contributed by atoms with Gasteiger partial charge in [-0.25, -0.2) is 4.39 Å². The van der Waals surface area contributed by atoms with Crippen LogP contribution < -0.4 is 5.32 Å². The maximum Gasteiger partial charge on any atom is 0.124 e. The summed E-state index contributed by atoms with van der Waals surface area (Å²) in [6, 6.07) is 6.05. The predicted octanol–water partition coefficient (Wildman–Crippen LogP) is 3.16. The lowest BCUT2D eigenvalue weighted by Gasteiger charge is -2.38. The van der Waals surface area contributed by atoms with Crippen molar-refractivity contribution in [2.75, 3.05) is 31.6 Å². The van der Waals surface area contributed by atoms with Gasteiger partial charge in [0.1, 0.15) is 5.82 Å². The van der Waals surface area contributed by atoms with Crippen LogP contribution in [0.15, 0.2) is 22.7 Å². The number of rotatable bonds is 5. The Labute approximate surface area is 133 Å². The monoisotopic (exact) mass is 360 g/mol. The smallest absolute Gasteiger partial charge is 0.124 e. The second-order valence-electron chi connectivity index (χ2n) is 5.27. The van der Waals surface area contributed by atoms with E-state index in [4.69, 9.17) is 0 Å². The fraction of sp³-hybridized carbons (Fsp3) is 0.600. The quantitative estimate of drug-likeness (QED) is 0.868. The lowest BCUT2D eigenvalue weighted by molar-refractivity contribution is 0.215. The van der Waals surface area contributed by atoms with Crippen LogP contribution in [-0.2, 0) is 6.42 Å². The van der Waals surface area contributed by atoms with Crippen molar-refractivity contribution in [2.24, 2.45) is 0 Å². The number of hydrogen-bond donors (Lipinski definition) is 1. The molecular formula is C15H22BrFN2S. The summed E-state index contributed by atoms with van der Waals surface area (Å²) in [6.07, 6.45) is 0.861. The summed E-state index contributed by atoms with van der Waals surface area (Å²) >= 11 is 5.39. The van der Waals surface area contributed by atoms with Gasteiger partial charge in [0, 0.05) is 34.6 Å². The molecule has 112 valence electrons. The zero-order valence-corrected chi connectivity index (χ0v) is 14.4. The molecule has 1 aromatic rings. The fourth-order valence-electron chi connectivity index (χ4n) is 2.72. The van der Waals surface area contributed by atoms with Gasteiger partial charge in [0.15, 0.2) is 0 Å². The number of benzene rings is 1. The molecule has 0 amide bonds. The highest BCUT2D eigenvalue weighted by molar-refractivity contribution is 9.10. The largest absolute Gasteiger partial charge is 0.312 e. The topological polar surface area (TPSA) is 15.3 Å². The van der Waals surface area contributed by atoms with Crippen molar-refractivity contribution < 1.29 is 4.39 Å². The van der Waals surface area contributed by atoms with Crippen LogP contribution in [0.2, 0.25) is 0 Å². The highest BCUT2D eigenvalue weighted by Gasteiger charge is 2.27. The SMILES string of the molecule is CCNC(Cc1cc(F)cc(Br)c1)C1CSCCN1C. The predicted molar refractivity (Wildman–Crippen MR) is 89.0 cm³/mol. The van der Waals surface area contributed by atoms with Crippen LogP contribution in [0, 0.1) is 5.82 Å². The number of thioether (sulfide) groups is 1. The van der Waals surface area contributed by atoms with Crippen LogP contribution in [0.3, 0.4) is 0 Å². The summed E-state index contributed by atoms with van der Waals surface area (Å²) in [4.78, 5) is 2.43. The molecule has 1 saturated heterocycles. The molecule has 0 saturated carbocycles. The fourth-order valence-corrected chi connectivity index (χ4v) is 4.54. The van der Waals surface area contributed by atoms with Crippen LogP contribution >= 0.6 is 27.7 Å². The number of nitrogens with zero attached hydrogens (tertiary/aromatic N) is 1. The molecule has 0 aliphatic carbocycles. The van der Waals surface area contributed by atoms with Gasteiger partial charge in [-0.2, -0.15) is 11.8 Å². The minimum atomic E-state index is -0.170. The molecule has 1 aromatic carbocycles. The molecule has 1 aliphatic heterocycles. The molecule has 5 heteroatoms. The van der Waals surface area contributed by atoms with E-state index in [1.54, 1.807) is 6.07 Å². The molecule has 2 rings (SSSR count). The number of hydrogen-bond acceptors (Lipinski definition) is 3. The molecule has 2 atom stereocenters. The van der Waals surface area contributed by atoms with Crippen molar-refractivity contribution in [1.82, 2.24) is 10.2 Å². The van der Waals surface area contributed by atoms with E-state index in [-0.39, 0.29) is 5.82 Å². The summed E-state index contributed by atoms with van der Waals surface area (Å²) in [5, 5.41) is 3.58. The maximum atomic E-state index is 13.5. The van der Waals surface area contributed by atoms with E-state index in [0.717, 1.165) is 35.3 Å². The summed E-state index contributed by atoms with van der Waals surface area (Å²) in [6.45, 7) is 4.20. The third kappa shape index (κ3) is 4.45. The second-order valence-corrected chi connectivity index (χ2v) is 7.33. The third-order valence-electron chi connectivity index (χ3n) is 3.75. The van der Waals surface area contributed by atoms with Gasteiger partial charge in [0.2, 0.25) is 0 Å². The highest BCUT2D eigenvalue weighted by atomic mass is 79.9. The first-order chi connectivity index (χ1) is 9.60. The third-order valence-corrected chi connectivity index (χ3v) is 5.26. The molecule has 2 unspecified atom stereocenters. The molecule has 0 spiro atoms. The lowest BCUT2D eigenvalue weighted by atomic mass is 9.99. The molecule has 1 heterocycles. The average Bonchev–Trinajstić information content (AvgIpc) is 2.37. The molecule has 0 bridgehead atoms. The van der Waals surface area contributed by atoms with Gasteiger partial charge in [-0.05, 0) is 43.8 Å². The van der Waals surface area contributed by atoms with Gasteiger partial charge in [0.05, 0.1) is 0 Å². The van der Waals surface area contributed by atoms with Crippen LogP contribution in [0.4, 0.5) is 4.39 Å². The zero-order valence-electron chi connectivity index (χ0n) is 12.0. The lowest BCUT2D eigenvalue weighted by Crippen LogP contribution is -2.53. The number of nitrogens with one attached hydrogen (secondary N) is 1. The van der Waals surface area contributed by atoms with Gasteiger partial charge >= 0.3 is 0 Å². The molecule has 1 N–H and O–H groups in total. The molecular weight excluding hydrogens is 339 g/mol. The van der Waals surface area contributed by atoms with E-state index in [0.29, 0.717) is 12.1 Å². The Morgan fingerprint density at radius 2 is 2.30 bits per heavy atom. The van der Waals surface area contributed by atoms with Gasteiger partial charge in [-0.3, -0.25) is 0 Å². The minimum absolute atomic E-state index is 0.170. The molecule has 20 heavy (non-hydrogen) atoms. The Balaban J connectivity index is 2.11. The van der Waals surface area contributed by atoms with Crippen LogP contribution in [0.5, 0.6) is 0 Å². The van der Waals surface area contributed by atoms with Crippen LogP contribution in [-0.4, -0.2) is 48.6 Å². The van der Waals surface area contributed by atoms with Gasteiger partial charge in [-0.15, -0.1) is 0 Å². The van der Waals surface area contributed by atoms with E-state index in [1.807, 2.05) is 17.8 Å². The van der Waals surface area contributed by atoms with Crippen molar-refractivity contribution in [1.29, 1.82) is 0 Å². The standard InChI is InChI=1S/C15H22BrFN2S/c1-3-18-14(15-10-20-5-4-19(15)2)8-11-6-12(16)9-13(17)7-11/h6-7,9,14-15,18H,3-5,8,10H2,1-2H3. The maximum absolute atomic E-state index is 13.5. The Morgan fingerprint density at radius 1 is 1.50 bits per heavy atom. The van der Waals surface area contributed by atoms with Crippen molar-refractivity contribution in [3.63, 3.8) is 0 Å². The first kappa shape index (κ1) is 16.3. The zero-order chi connectivity index (χ0) is 14.5. The Bertz CT molecular complexity index is 424. The molecule has 1 aliphatic rings. The molecule has 2 nitrogen and oxygen atoms in total. The van der Waals surface area contributed by atoms with Crippen molar-refractivity contribution >= 4 is 27.7 Å². The van der Waals surface area contributed by atoms with E-state index in [1.165, 1.54) is 11.8 Å². The van der Waals surface area contributed by atoms with E-state index in [2.05, 4.69) is 40.1 Å². The molecule has 1 fully saturated rings. The van der Waals surface area contributed by atoms with Gasteiger partial charge < -0.3 is 10.2 Å². The van der Waals surface area contributed by atoms with E-state index in [9.17, 15) is 4.39 Å². The van der Waals surface area contributed by atoms with Crippen molar-refractivity contribution in [3.05, 3.63) is 34.1 Å². The summed E-state index contributed by atoms with van der Waals surface area (Å²) in [5.41, 5.74) is 1.05. The molecule has 0 radical (unpaired) electrons. The van der Waals surface area contributed by atoms with Crippen molar-refractivity contribution in [3.8, 4) is 0 Å². The van der Waals surface area contributed by atoms with Crippen molar-refractivity contribution in [2.45, 2.75) is 25.4 Å². The normalized spacial score (nSPS) is 21.9. The highest BCUT2D eigenvalue weighted by Crippen LogP contribution is 2.22. The number of halogens is 2. The Kier molecular flexibility index (Phi) is 6.33. The first-order valence-electron chi connectivity index (χ1n) is 7.06. The summed E-state index contributed by atoms with van der Waals surface area (Å²) in [7, 11) is 2.19. The molecule has 0 aromatic heterocycles. The Hall–Kier alpha value is -0.100. The van der Waals surface area contributed by atoms with E-state index < -0.39 is 0 Å². The minimum Gasteiger partial charge on any atom is -0.312 e. The van der Waals surface area contributed by atoms with Crippen LogP contribution in [0.1, 0.15) is 12.5 Å². The van der Waals surface area contributed by atoms with Gasteiger partial charge in [0.25, 0.3) is 0 Å². The van der Waals surface area contributed by atoms with E-state index >= 15 is 0 Å². The average molecular weight is 361 g/mol. The summed E-state index contributed by atoms with van der Waals surface area (Å²) < 4.78 is 14.3. The van der Waals surface area contributed by atoms with Gasteiger partial charge in [-0.1, -0.05) is 22.9 Å². The Morgan fingerprint density at radius 3 is 2.95 bits per heavy atom. The second kappa shape index (κ2) is 7.78. The number of likely N-dealkylation sites (N-methyl/N-ethyl adjacent to an activating group) is 2. The van der Waals surface area contributed by atoms with Crippen LogP contribution in [0.25, 0.3) is 0 Å².